The van der Waals surface area contributed by atoms with E-state index in [4.69, 9.17) is 4.74 Å². The highest BCUT2D eigenvalue weighted by Gasteiger charge is 2.61. The van der Waals surface area contributed by atoms with Gasteiger partial charge < -0.3 is 25.4 Å². The average molecular weight is 670 g/mol. The Labute approximate surface area is 285 Å². The summed E-state index contributed by atoms with van der Waals surface area (Å²) in [6.45, 7) is 5.28. The van der Waals surface area contributed by atoms with E-state index in [1.54, 1.807) is 20.8 Å². The van der Waals surface area contributed by atoms with Crippen LogP contribution >= 0.6 is 0 Å². The fourth-order valence-corrected chi connectivity index (χ4v) is 6.66. The molecule has 5 atom stereocenters. The number of carbonyl (C=O) groups excluding carboxylic acids is 3. The molecule has 1 saturated heterocycles. The predicted molar refractivity (Wildman–Crippen MR) is 180 cm³/mol. The first-order chi connectivity index (χ1) is 23.4. The number of aliphatic carboxylic acids is 1. The van der Waals surface area contributed by atoms with Gasteiger partial charge in [-0.2, -0.15) is 4.80 Å². The number of nitrogens with one attached hydrogen (secondary N) is 2. The Kier molecular flexibility index (Phi) is 9.53. The van der Waals surface area contributed by atoms with Crippen molar-refractivity contribution < 1.29 is 29.0 Å². The van der Waals surface area contributed by atoms with Crippen molar-refractivity contribution in [2.45, 2.75) is 95.0 Å². The SMILES string of the molecule is CC(C)(C)OC(=O)N[C@H]1CCCCC/C=C\[C@H]2C[C@@]2(C(=O)O)NC(=O)[C@@H]2C[C@@H](n3nnc(-c4cccc(-c5ccccc5)c4)n3)CN2C1=O. The molecule has 6 rings (SSSR count). The van der Waals surface area contributed by atoms with E-state index in [2.05, 4.69) is 26.0 Å². The lowest BCUT2D eigenvalue weighted by Gasteiger charge is -2.30. The number of rotatable bonds is 5. The van der Waals surface area contributed by atoms with Crippen LogP contribution in [0, 0.1) is 5.92 Å². The Morgan fingerprint density at radius 2 is 1.78 bits per heavy atom. The van der Waals surface area contributed by atoms with Crippen molar-refractivity contribution in [3.63, 3.8) is 0 Å². The first-order valence-electron chi connectivity index (χ1n) is 16.9. The van der Waals surface area contributed by atoms with Gasteiger partial charge in [-0.3, -0.25) is 9.59 Å². The van der Waals surface area contributed by atoms with E-state index in [-0.39, 0.29) is 25.3 Å². The molecule has 2 fully saturated rings. The molecule has 3 heterocycles. The Bertz CT molecular complexity index is 1730. The summed E-state index contributed by atoms with van der Waals surface area (Å²) in [5, 5.41) is 28.9. The van der Waals surface area contributed by atoms with E-state index < -0.39 is 53.1 Å². The van der Waals surface area contributed by atoms with Gasteiger partial charge in [0.25, 0.3) is 0 Å². The van der Waals surface area contributed by atoms with Crippen LogP contribution < -0.4 is 10.6 Å². The van der Waals surface area contributed by atoms with Crippen LogP contribution in [0.25, 0.3) is 22.5 Å². The molecule has 258 valence electrons. The molecule has 0 spiro atoms. The Morgan fingerprint density at radius 3 is 2.53 bits per heavy atom. The third-order valence-electron chi connectivity index (χ3n) is 9.31. The van der Waals surface area contributed by atoms with Gasteiger partial charge in [0.2, 0.25) is 17.6 Å². The van der Waals surface area contributed by atoms with Gasteiger partial charge in [-0.25, -0.2) is 9.59 Å². The number of amides is 3. The van der Waals surface area contributed by atoms with Crippen molar-refractivity contribution in [2.75, 3.05) is 6.54 Å². The molecule has 13 heteroatoms. The van der Waals surface area contributed by atoms with Gasteiger partial charge in [0.15, 0.2) is 0 Å². The number of fused-ring (bicyclic) bond motifs is 2. The summed E-state index contributed by atoms with van der Waals surface area (Å²) in [6.07, 6.45) is 6.91. The van der Waals surface area contributed by atoms with E-state index in [1.165, 1.54) is 9.70 Å². The number of hydrogen-bond donors (Lipinski definition) is 3. The molecule has 0 unspecified atom stereocenters. The average Bonchev–Trinajstić information content (AvgIpc) is 3.38. The third kappa shape index (κ3) is 7.65. The van der Waals surface area contributed by atoms with Gasteiger partial charge in [0.1, 0.15) is 23.2 Å². The lowest BCUT2D eigenvalue weighted by molar-refractivity contribution is -0.145. The number of carboxylic acid groups (broad SMARTS) is 1. The van der Waals surface area contributed by atoms with E-state index in [0.29, 0.717) is 18.7 Å². The van der Waals surface area contributed by atoms with Crippen LogP contribution in [0.15, 0.2) is 66.7 Å². The van der Waals surface area contributed by atoms with E-state index in [9.17, 15) is 24.3 Å². The van der Waals surface area contributed by atoms with Gasteiger partial charge in [0, 0.05) is 24.4 Å². The molecule has 3 N–H and O–H groups in total. The monoisotopic (exact) mass is 669 g/mol. The fourth-order valence-electron chi connectivity index (χ4n) is 6.66. The van der Waals surface area contributed by atoms with Crippen LogP contribution in [-0.2, 0) is 19.1 Å². The molecule has 3 aliphatic rings. The predicted octanol–water partition coefficient (Wildman–Crippen LogP) is 4.52. The zero-order valence-corrected chi connectivity index (χ0v) is 28.0. The fraction of sp³-hybridized carbons (Fsp3) is 0.472. The Morgan fingerprint density at radius 1 is 1.02 bits per heavy atom. The molecule has 2 aromatic carbocycles. The lowest BCUT2D eigenvalue weighted by atomic mass is 10.0. The second-order valence-corrected chi connectivity index (χ2v) is 14.1. The number of hydrogen-bond acceptors (Lipinski definition) is 8. The molecular weight excluding hydrogens is 626 g/mol. The highest BCUT2D eigenvalue weighted by Crippen LogP contribution is 2.45. The molecule has 13 nitrogen and oxygen atoms in total. The first kappa shape index (κ1) is 33.8. The molecule has 3 aromatic rings. The van der Waals surface area contributed by atoms with Crippen molar-refractivity contribution in [1.29, 1.82) is 0 Å². The number of benzene rings is 2. The summed E-state index contributed by atoms with van der Waals surface area (Å²) in [4.78, 5) is 56.3. The Hall–Kier alpha value is -5.07. The van der Waals surface area contributed by atoms with Gasteiger partial charge in [0.05, 0.1) is 6.04 Å². The van der Waals surface area contributed by atoms with Gasteiger partial charge >= 0.3 is 12.1 Å². The van der Waals surface area contributed by atoms with Crippen molar-refractivity contribution in [3.8, 4) is 22.5 Å². The van der Waals surface area contributed by atoms with Crippen molar-refractivity contribution >= 4 is 23.9 Å². The van der Waals surface area contributed by atoms with Crippen LogP contribution in [0.4, 0.5) is 4.79 Å². The molecule has 3 amide bonds. The number of carbonyl (C=O) groups is 4. The minimum Gasteiger partial charge on any atom is -0.479 e. The lowest BCUT2D eigenvalue weighted by Crippen LogP contribution is -2.56. The summed E-state index contributed by atoms with van der Waals surface area (Å²) in [6, 6.07) is 15.2. The van der Waals surface area contributed by atoms with E-state index in [0.717, 1.165) is 36.0 Å². The number of alkyl carbamates (subject to hydrolysis) is 1. The molecule has 2 aliphatic heterocycles. The normalized spacial score (nSPS) is 26.7. The quantitative estimate of drug-likeness (QED) is 0.331. The number of tetrazole rings is 1. The van der Waals surface area contributed by atoms with Gasteiger partial charge in [-0.1, -0.05) is 73.5 Å². The van der Waals surface area contributed by atoms with Gasteiger partial charge in [-0.15, -0.1) is 10.2 Å². The highest BCUT2D eigenvalue weighted by atomic mass is 16.6. The van der Waals surface area contributed by atoms with E-state index >= 15 is 0 Å². The van der Waals surface area contributed by atoms with Crippen LogP contribution in [-0.4, -0.2) is 83.9 Å². The standard InChI is InChI=1S/C36H43N7O6/c1-35(2,3)49-34(48)37-28-18-11-6-4-5-10-17-26-21-36(26,33(46)47)38-31(44)29-20-27(22-42(29)32(28)45)43-40-30(39-41-43)25-16-12-15-24(19-25)23-13-8-7-9-14-23/h7-10,12-17,19,26-29H,4-6,11,18,20-22H2,1-3H3,(H,37,48)(H,38,44)(H,46,47)/b17-10-/t26-,27+,28-,29-,36+/m0/s1. The summed E-state index contributed by atoms with van der Waals surface area (Å²) < 4.78 is 5.47. The van der Waals surface area contributed by atoms with Crippen LogP contribution in [0.2, 0.25) is 0 Å². The minimum absolute atomic E-state index is 0.0622. The molecule has 1 aromatic heterocycles. The zero-order valence-electron chi connectivity index (χ0n) is 28.0. The molecule has 1 aliphatic carbocycles. The summed E-state index contributed by atoms with van der Waals surface area (Å²) in [7, 11) is 0. The minimum atomic E-state index is -1.43. The molecule has 49 heavy (non-hydrogen) atoms. The smallest absolute Gasteiger partial charge is 0.408 e. The molecule has 0 bridgehead atoms. The van der Waals surface area contributed by atoms with Crippen molar-refractivity contribution in [1.82, 2.24) is 35.7 Å². The maximum absolute atomic E-state index is 14.3. The second kappa shape index (κ2) is 13.8. The number of allylic oxidation sites excluding steroid dienone is 1. The van der Waals surface area contributed by atoms with Crippen molar-refractivity contribution in [2.24, 2.45) is 5.92 Å². The van der Waals surface area contributed by atoms with Crippen LogP contribution in [0.1, 0.15) is 71.8 Å². The third-order valence-corrected chi connectivity index (χ3v) is 9.31. The number of ether oxygens (including phenoxy) is 1. The van der Waals surface area contributed by atoms with Crippen molar-refractivity contribution in [3.05, 3.63) is 66.7 Å². The second-order valence-electron chi connectivity index (χ2n) is 14.1. The topological polar surface area (TPSA) is 169 Å². The highest BCUT2D eigenvalue weighted by molar-refractivity contribution is 5.96. The van der Waals surface area contributed by atoms with E-state index in [1.807, 2.05) is 66.7 Å². The first-order valence-corrected chi connectivity index (χ1v) is 16.9. The van der Waals surface area contributed by atoms with Crippen LogP contribution in [0.3, 0.4) is 0 Å². The number of nitrogens with zero attached hydrogens (tertiary/aromatic N) is 5. The number of aromatic nitrogens is 4. The summed E-state index contributed by atoms with van der Waals surface area (Å²) >= 11 is 0. The Balaban J connectivity index is 1.29. The maximum Gasteiger partial charge on any atom is 0.408 e. The molecule has 1 saturated carbocycles. The zero-order chi connectivity index (χ0) is 34.8. The van der Waals surface area contributed by atoms with Crippen LogP contribution in [0.5, 0.6) is 0 Å². The van der Waals surface area contributed by atoms with Gasteiger partial charge in [-0.05, 0) is 68.9 Å². The molecular formula is C36H43N7O6. The maximum atomic E-state index is 14.3. The largest absolute Gasteiger partial charge is 0.479 e. The number of carboxylic acids is 1. The molecule has 0 radical (unpaired) electrons. The summed E-state index contributed by atoms with van der Waals surface area (Å²) in [5.41, 5.74) is 0.587. The summed E-state index contributed by atoms with van der Waals surface area (Å²) in [5.74, 6) is -2.09.